The second kappa shape index (κ2) is 5.36. The van der Waals surface area contributed by atoms with E-state index in [2.05, 4.69) is 21.7 Å². The Morgan fingerprint density at radius 3 is 2.47 bits per heavy atom. The molecule has 5 heteroatoms. The predicted octanol–water partition coefficient (Wildman–Crippen LogP) is 2.84. The lowest BCUT2D eigenvalue weighted by Gasteiger charge is -2.11. The summed E-state index contributed by atoms with van der Waals surface area (Å²) in [5.74, 6) is 0. The molecular weight excluding hydrogens is 238 g/mol. The van der Waals surface area contributed by atoms with Gasteiger partial charge in [0.25, 0.3) is 0 Å². The number of benzene rings is 1. The van der Waals surface area contributed by atoms with Crippen LogP contribution in [0.2, 0.25) is 0 Å². The number of allylic oxidation sites excluding steroid dienone is 2. The minimum Gasteiger partial charge on any atom is -0.292 e. The summed E-state index contributed by atoms with van der Waals surface area (Å²) in [4.78, 5) is 0. The van der Waals surface area contributed by atoms with Crippen LogP contribution in [0.4, 0.5) is 5.69 Å². The summed E-state index contributed by atoms with van der Waals surface area (Å²) in [7, 11) is 0. The van der Waals surface area contributed by atoms with Crippen LogP contribution in [-0.2, 0) is 0 Å². The zero-order valence-electron chi connectivity index (χ0n) is 11.2. The molecule has 0 spiro atoms. The number of hydrogen-bond acceptors (Lipinski definition) is 4. The molecule has 2 aromatic rings. The highest BCUT2D eigenvalue weighted by Gasteiger charge is 2.07. The Hall–Kier alpha value is -2.61. The average molecular weight is 253 g/mol. The van der Waals surface area contributed by atoms with Gasteiger partial charge in [-0.05, 0) is 50.1 Å². The van der Waals surface area contributed by atoms with E-state index in [4.69, 9.17) is 0 Å². The maximum atomic E-state index is 9.18. The Balaban J connectivity index is 2.42. The topological polar surface area (TPSA) is 66.5 Å². The van der Waals surface area contributed by atoms with E-state index in [9.17, 15) is 5.26 Å². The number of hydrogen-bond donors (Lipinski definition) is 1. The van der Waals surface area contributed by atoms with Crippen LogP contribution in [0.25, 0.3) is 5.57 Å². The van der Waals surface area contributed by atoms with Gasteiger partial charge < -0.3 is 0 Å². The molecule has 1 N–H and O–H groups in total. The molecular formula is C14H15N5. The zero-order chi connectivity index (χ0) is 13.8. The number of anilines is 1. The molecule has 1 aromatic carbocycles. The van der Waals surface area contributed by atoms with Gasteiger partial charge >= 0.3 is 0 Å². The standard InChI is InChI=1S/C14H15N5/c1-10(2)11(3)14-6-13(5-4-12(14)7-15)18-19-8-16-17-9-19/h4-6,8-9,18H,1-3H3. The van der Waals surface area contributed by atoms with Crippen molar-refractivity contribution in [1.29, 1.82) is 5.26 Å². The molecule has 0 saturated heterocycles. The van der Waals surface area contributed by atoms with Crippen LogP contribution >= 0.6 is 0 Å². The summed E-state index contributed by atoms with van der Waals surface area (Å²) >= 11 is 0. The third kappa shape index (κ3) is 2.80. The van der Waals surface area contributed by atoms with Crippen molar-refractivity contribution in [3.05, 3.63) is 47.6 Å². The minimum atomic E-state index is 0.674. The van der Waals surface area contributed by atoms with Gasteiger partial charge in [0.05, 0.1) is 17.3 Å². The first kappa shape index (κ1) is 12.8. The maximum absolute atomic E-state index is 9.18. The fraction of sp³-hybridized carbons (Fsp3) is 0.214. The first-order chi connectivity index (χ1) is 9.11. The molecule has 0 bridgehead atoms. The fourth-order valence-electron chi connectivity index (χ4n) is 1.70. The monoisotopic (exact) mass is 253 g/mol. The van der Waals surface area contributed by atoms with Gasteiger partial charge in [-0.15, -0.1) is 10.2 Å². The van der Waals surface area contributed by atoms with Crippen molar-refractivity contribution in [2.75, 3.05) is 5.43 Å². The molecule has 1 heterocycles. The van der Waals surface area contributed by atoms with Crippen LogP contribution in [0, 0.1) is 11.3 Å². The van der Waals surface area contributed by atoms with Crippen LogP contribution in [-0.4, -0.2) is 14.9 Å². The van der Waals surface area contributed by atoms with Gasteiger partial charge in [0.2, 0.25) is 0 Å². The lowest BCUT2D eigenvalue weighted by Crippen LogP contribution is -2.06. The summed E-state index contributed by atoms with van der Waals surface area (Å²) in [5.41, 5.74) is 7.94. The molecule has 0 amide bonds. The van der Waals surface area contributed by atoms with Gasteiger partial charge in [0.15, 0.2) is 0 Å². The van der Waals surface area contributed by atoms with Crippen molar-refractivity contribution in [3.63, 3.8) is 0 Å². The first-order valence-electron chi connectivity index (χ1n) is 5.92. The van der Waals surface area contributed by atoms with Crippen molar-refractivity contribution in [3.8, 4) is 6.07 Å². The Bertz CT molecular complexity index is 643. The lowest BCUT2D eigenvalue weighted by molar-refractivity contribution is 0.951. The third-order valence-corrected chi connectivity index (χ3v) is 2.97. The number of nitrogens with zero attached hydrogens (tertiary/aromatic N) is 4. The first-order valence-corrected chi connectivity index (χ1v) is 5.92. The van der Waals surface area contributed by atoms with E-state index in [1.54, 1.807) is 17.3 Å². The summed E-state index contributed by atoms with van der Waals surface area (Å²) in [6, 6.07) is 7.86. The van der Waals surface area contributed by atoms with Crippen molar-refractivity contribution < 1.29 is 0 Å². The molecule has 19 heavy (non-hydrogen) atoms. The molecule has 0 atom stereocenters. The summed E-state index contributed by atoms with van der Waals surface area (Å²) in [6.45, 7) is 6.10. The molecule has 0 aliphatic heterocycles. The largest absolute Gasteiger partial charge is 0.292 e. The van der Waals surface area contributed by atoms with Gasteiger partial charge in [-0.25, -0.2) is 4.68 Å². The number of nitrogens with one attached hydrogen (secondary N) is 1. The van der Waals surface area contributed by atoms with Crippen LogP contribution in [0.5, 0.6) is 0 Å². The molecule has 0 fully saturated rings. The number of aromatic nitrogens is 3. The highest BCUT2D eigenvalue weighted by molar-refractivity contribution is 5.74. The smallest absolute Gasteiger partial charge is 0.139 e. The van der Waals surface area contributed by atoms with Crippen molar-refractivity contribution in [2.45, 2.75) is 20.8 Å². The van der Waals surface area contributed by atoms with E-state index in [1.807, 2.05) is 39.0 Å². The summed E-state index contributed by atoms with van der Waals surface area (Å²) in [5, 5.41) is 16.6. The molecule has 0 aliphatic rings. The second-order valence-corrected chi connectivity index (χ2v) is 4.48. The number of nitriles is 1. The fourth-order valence-corrected chi connectivity index (χ4v) is 1.70. The van der Waals surface area contributed by atoms with Gasteiger partial charge in [0, 0.05) is 0 Å². The van der Waals surface area contributed by atoms with E-state index in [1.165, 1.54) is 5.57 Å². The lowest BCUT2D eigenvalue weighted by atomic mass is 9.98. The Morgan fingerprint density at radius 1 is 1.21 bits per heavy atom. The van der Waals surface area contributed by atoms with Crippen LogP contribution < -0.4 is 5.43 Å². The van der Waals surface area contributed by atoms with Gasteiger partial charge in [-0.2, -0.15) is 5.26 Å². The SMILES string of the molecule is CC(C)=C(C)c1cc(Nn2cnnc2)ccc1C#N. The van der Waals surface area contributed by atoms with Crippen LogP contribution in [0.15, 0.2) is 36.4 Å². The van der Waals surface area contributed by atoms with E-state index < -0.39 is 0 Å². The molecule has 0 unspecified atom stereocenters. The maximum Gasteiger partial charge on any atom is 0.139 e. The molecule has 0 radical (unpaired) electrons. The van der Waals surface area contributed by atoms with Crippen molar-refractivity contribution >= 4 is 11.3 Å². The summed E-state index contributed by atoms with van der Waals surface area (Å²) < 4.78 is 1.66. The molecule has 1 aromatic heterocycles. The van der Waals surface area contributed by atoms with E-state index in [0.717, 1.165) is 16.8 Å². The van der Waals surface area contributed by atoms with Crippen LogP contribution in [0.3, 0.4) is 0 Å². The van der Waals surface area contributed by atoms with Gasteiger partial charge in [0.1, 0.15) is 12.7 Å². The molecule has 5 nitrogen and oxygen atoms in total. The highest BCUT2D eigenvalue weighted by atomic mass is 15.5. The van der Waals surface area contributed by atoms with Crippen molar-refractivity contribution in [1.82, 2.24) is 14.9 Å². The Morgan fingerprint density at radius 2 is 1.89 bits per heavy atom. The van der Waals surface area contributed by atoms with E-state index >= 15 is 0 Å². The molecule has 0 saturated carbocycles. The quantitative estimate of drug-likeness (QED) is 0.913. The van der Waals surface area contributed by atoms with E-state index in [-0.39, 0.29) is 0 Å². The highest BCUT2D eigenvalue weighted by Crippen LogP contribution is 2.25. The van der Waals surface area contributed by atoms with Gasteiger partial charge in [-0.1, -0.05) is 5.57 Å². The molecule has 2 rings (SSSR count). The molecule has 0 aliphatic carbocycles. The molecule has 96 valence electrons. The number of rotatable bonds is 3. The second-order valence-electron chi connectivity index (χ2n) is 4.48. The normalized spacial score (nSPS) is 9.79. The summed E-state index contributed by atoms with van der Waals surface area (Å²) in [6.07, 6.45) is 3.15. The average Bonchev–Trinajstić information content (AvgIpc) is 2.90. The third-order valence-electron chi connectivity index (χ3n) is 2.97. The Labute approximate surface area is 112 Å². The van der Waals surface area contributed by atoms with E-state index in [0.29, 0.717) is 5.56 Å². The minimum absolute atomic E-state index is 0.674. The van der Waals surface area contributed by atoms with Gasteiger partial charge in [-0.3, -0.25) is 5.43 Å². The zero-order valence-corrected chi connectivity index (χ0v) is 11.2. The predicted molar refractivity (Wildman–Crippen MR) is 74.1 cm³/mol. The van der Waals surface area contributed by atoms with Crippen LogP contribution in [0.1, 0.15) is 31.9 Å². The Kier molecular flexibility index (Phi) is 3.62. The van der Waals surface area contributed by atoms with Crippen molar-refractivity contribution in [2.24, 2.45) is 0 Å².